The third-order valence-electron chi connectivity index (χ3n) is 2.92. The lowest BCUT2D eigenvalue weighted by atomic mass is 10.0. The number of nitrogens with one attached hydrogen (secondary N) is 2. The molecule has 0 unspecified atom stereocenters. The lowest BCUT2D eigenvalue weighted by molar-refractivity contribution is 0.232. The molecule has 0 aliphatic carbocycles. The molecule has 2 aromatic rings. The maximum absolute atomic E-state index is 11.9. The molecule has 2 heterocycles. The van der Waals surface area contributed by atoms with Crippen molar-refractivity contribution in [2.75, 3.05) is 11.9 Å². The topological polar surface area (TPSA) is 63.2 Å². The Morgan fingerprint density at radius 3 is 3.16 bits per heavy atom. The monoisotopic (exact) mass is 275 g/mol. The van der Waals surface area contributed by atoms with E-state index in [4.69, 9.17) is 4.74 Å². The second kappa shape index (κ2) is 5.27. The maximum Gasteiger partial charge on any atom is 0.321 e. The number of thiazole rings is 1. The van der Waals surface area contributed by atoms with Crippen molar-refractivity contribution < 1.29 is 9.53 Å². The van der Waals surface area contributed by atoms with Gasteiger partial charge in [-0.25, -0.2) is 9.78 Å². The van der Waals surface area contributed by atoms with Crippen LogP contribution in [0.4, 0.5) is 9.93 Å². The number of fused-ring (bicyclic) bond motifs is 1. The molecule has 0 saturated carbocycles. The summed E-state index contributed by atoms with van der Waals surface area (Å²) >= 11 is 1.39. The zero-order valence-corrected chi connectivity index (χ0v) is 10.9. The average Bonchev–Trinajstić information content (AvgIpc) is 2.92. The number of aromatic nitrogens is 1. The SMILES string of the molecule is O=C(Nc1nccs1)N[C@H]1CCOc2ccccc21. The van der Waals surface area contributed by atoms with Gasteiger partial charge in [0.2, 0.25) is 0 Å². The third-order valence-corrected chi connectivity index (χ3v) is 3.61. The number of nitrogens with zero attached hydrogens (tertiary/aromatic N) is 1. The van der Waals surface area contributed by atoms with E-state index in [1.807, 2.05) is 29.6 Å². The van der Waals surface area contributed by atoms with Gasteiger partial charge in [0.25, 0.3) is 0 Å². The fourth-order valence-electron chi connectivity index (χ4n) is 2.07. The quantitative estimate of drug-likeness (QED) is 0.885. The van der Waals surface area contributed by atoms with E-state index in [2.05, 4.69) is 15.6 Å². The van der Waals surface area contributed by atoms with Crippen LogP contribution in [-0.4, -0.2) is 17.6 Å². The van der Waals surface area contributed by atoms with Crippen molar-refractivity contribution >= 4 is 22.5 Å². The van der Waals surface area contributed by atoms with Crippen LogP contribution in [0.25, 0.3) is 0 Å². The second-order valence-electron chi connectivity index (χ2n) is 4.16. The Hall–Kier alpha value is -2.08. The van der Waals surface area contributed by atoms with Crippen molar-refractivity contribution in [3.05, 3.63) is 41.4 Å². The van der Waals surface area contributed by atoms with Gasteiger partial charge in [-0.1, -0.05) is 18.2 Å². The number of benzene rings is 1. The second-order valence-corrected chi connectivity index (χ2v) is 5.06. The van der Waals surface area contributed by atoms with Gasteiger partial charge in [0.15, 0.2) is 5.13 Å². The molecule has 0 radical (unpaired) electrons. The minimum atomic E-state index is -0.239. The predicted molar refractivity (Wildman–Crippen MR) is 73.6 cm³/mol. The molecule has 6 heteroatoms. The Morgan fingerprint density at radius 2 is 2.32 bits per heavy atom. The van der Waals surface area contributed by atoms with Crippen LogP contribution in [0.5, 0.6) is 5.75 Å². The van der Waals surface area contributed by atoms with E-state index in [1.54, 1.807) is 6.20 Å². The first-order chi connectivity index (χ1) is 9.33. The number of ether oxygens (including phenoxy) is 1. The Balaban J connectivity index is 1.69. The fourth-order valence-corrected chi connectivity index (χ4v) is 2.59. The Morgan fingerprint density at radius 1 is 1.42 bits per heavy atom. The number of para-hydroxylation sites is 1. The molecule has 0 fully saturated rings. The van der Waals surface area contributed by atoms with Crippen LogP contribution in [0.3, 0.4) is 0 Å². The molecule has 1 aliphatic heterocycles. The number of rotatable bonds is 2. The van der Waals surface area contributed by atoms with Gasteiger partial charge in [-0.15, -0.1) is 11.3 Å². The summed E-state index contributed by atoms with van der Waals surface area (Å²) in [5.74, 6) is 0.841. The normalized spacial score (nSPS) is 17.2. The highest BCUT2D eigenvalue weighted by atomic mass is 32.1. The first-order valence-electron chi connectivity index (χ1n) is 6.01. The Labute approximate surface area is 114 Å². The van der Waals surface area contributed by atoms with E-state index >= 15 is 0 Å². The van der Waals surface area contributed by atoms with E-state index < -0.39 is 0 Å². The molecule has 0 spiro atoms. The number of anilines is 1. The number of hydrogen-bond donors (Lipinski definition) is 2. The van der Waals surface area contributed by atoms with Crippen LogP contribution in [0.15, 0.2) is 35.8 Å². The molecule has 19 heavy (non-hydrogen) atoms. The van der Waals surface area contributed by atoms with Crippen LogP contribution in [-0.2, 0) is 0 Å². The van der Waals surface area contributed by atoms with Crippen molar-refractivity contribution in [1.82, 2.24) is 10.3 Å². The summed E-state index contributed by atoms with van der Waals surface area (Å²) in [7, 11) is 0. The number of amides is 2. The molecule has 1 atom stereocenters. The minimum absolute atomic E-state index is 0.0232. The summed E-state index contributed by atoms with van der Waals surface area (Å²) in [5.41, 5.74) is 1.02. The molecule has 0 saturated heterocycles. The molecule has 98 valence electrons. The summed E-state index contributed by atoms with van der Waals surface area (Å²) in [6.07, 6.45) is 2.42. The largest absolute Gasteiger partial charge is 0.493 e. The van der Waals surface area contributed by atoms with E-state index in [0.717, 1.165) is 17.7 Å². The van der Waals surface area contributed by atoms with Crippen LogP contribution in [0.2, 0.25) is 0 Å². The summed E-state index contributed by atoms with van der Waals surface area (Å²) in [4.78, 5) is 15.9. The molecule has 2 amide bonds. The fraction of sp³-hybridized carbons (Fsp3) is 0.231. The van der Waals surface area contributed by atoms with E-state index in [9.17, 15) is 4.79 Å². The summed E-state index contributed by atoms with van der Waals surface area (Å²) < 4.78 is 5.56. The smallest absolute Gasteiger partial charge is 0.321 e. The van der Waals surface area contributed by atoms with Crippen LogP contribution in [0, 0.1) is 0 Å². The number of hydrogen-bond acceptors (Lipinski definition) is 4. The zero-order chi connectivity index (χ0) is 13.1. The summed E-state index contributed by atoms with van der Waals surface area (Å²) in [6.45, 7) is 0.610. The number of carbonyl (C=O) groups is 1. The standard InChI is InChI=1S/C13H13N3O2S/c17-12(16-13-14-6-8-19-13)15-10-5-7-18-11-4-2-1-3-9(10)11/h1-4,6,8,10H,5,7H2,(H2,14,15,16,17)/t10-/m0/s1. The van der Waals surface area contributed by atoms with Gasteiger partial charge in [-0.05, 0) is 6.07 Å². The van der Waals surface area contributed by atoms with Crippen molar-refractivity contribution in [2.45, 2.75) is 12.5 Å². The molecule has 1 aromatic carbocycles. The minimum Gasteiger partial charge on any atom is -0.493 e. The predicted octanol–water partition coefficient (Wildman–Crippen LogP) is 2.79. The Bertz CT molecular complexity index is 571. The molecule has 1 aliphatic rings. The van der Waals surface area contributed by atoms with Gasteiger partial charge in [0.05, 0.1) is 12.6 Å². The van der Waals surface area contributed by atoms with Crippen molar-refractivity contribution in [2.24, 2.45) is 0 Å². The third kappa shape index (κ3) is 2.68. The Kier molecular flexibility index (Phi) is 3.33. The summed E-state index contributed by atoms with van der Waals surface area (Å²) in [6, 6.07) is 7.50. The summed E-state index contributed by atoms with van der Waals surface area (Å²) in [5, 5.41) is 8.08. The van der Waals surface area contributed by atoms with Crippen LogP contribution >= 0.6 is 11.3 Å². The van der Waals surface area contributed by atoms with E-state index in [1.165, 1.54) is 11.3 Å². The number of urea groups is 1. The highest BCUT2D eigenvalue weighted by molar-refractivity contribution is 7.13. The molecule has 1 aromatic heterocycles. The van der Waals surface area contributed by atoms with Crippen molar-refractivity contribution in [3.63, 3.8) is 0 Å². The van der Waals surface area contributed by atoms with Gasteiger partial charge in [0.1, 0.15) is 5.75 Å². The molecule has 5 nitrogen and oxygen atoms in total. The lowest BCUT2D eigenvalue weighted by Crippen LogP contribution is -2.35. The number of carbonyl (C=O) groups excluding carboxylic acids is 1. The first kappa shape index (κ1) is 12.0. The zero-order valence-electron chi connectivity index (χ0n) is 10.1. The van der Waals surface area contributed by atoms with Crippen molar-refractivity contribution in [1.29, 1.82) is 0 Å². The molecule has 3 rings (SSSR count). The average molecular weight is 275 g/mol. The van der Waals surface area contributed by atoms with Gasteiger partial charge in [0, 0.05) is 23.6 Å². The van der Waals surface area contributed by atoms with E-state index in [0.29, 0.717) is 11.7 Å². The highest BCUT2D eigenvalue weighted by Crippen LogP contribution is 2.31. The molecule has 2 N–H and O–H groups in total. The van der Waals surface area contributed by atoms with Crippen LogP contribution in [0.1, 0.15) is 18.0 Å². The van der Waals surface area contributed by atoms with Gasteiger partial charge < -0.3 is 10.1 Å². The highest BCUT2D eigenvalue weighted by Gasteiger charge is 2.22. The van der Waals surface area contributed by atoms with Crippen LogP contribution < -0.4 is 15.4 Å². The van der Waals surface area contributed by atoms with Crippen molar-refractivity contribution in [3.8, 4) is 5.75 Å². The van der Waals surface area contributed by atoms with Gasteiger partial charge >= 0.3 is 6.03 Å². The van der Waals surface area contributed by atoms with Gasteiger partial charge in [-0.3, -0.25) is 5.32 Å². The maximum atomic E-state index is 11.9. The first-order valence-corrected chi connectivity index (χ1v) is 6.89. The van der Waals surface area contributed by atoms with E-state index in [-0.39, 0.29) is 12.1 Å². The van der Waals surface area contributed by atoms with Gasteiger partial charge in [-0.2, -0.15) is 0 Å². The molecular formula is C13H13N3O2S. The lowest BCUT2D eigenvalue weighted by Gasteiger charge is -2.26. The molecule has 0 bridgehead atoms. The molecular weight excluding hydrogens is 262 g/mol.